The number of anilines is 1. The first-order valence-electron chi connectivity index (χ1n) is 10.4. The third-order valence-electron chi connectivity index (χ3n) is 4.80. The van der Waals surface area contributed by atoms with Gasteiger partial charge >= 0.3 is 0 Å². The van der Waals surface area contributed by atoms with Crippen LogP contribution in [-0.4, -0.2) is 49.5 Å². The molecule has 0 aliphatic rings. The van der Waals surface area contributed by atoms with E-state index < -0.39 is 34.1 Å². The quantitative estimate of drug-likeness (QED) is 0.474. The highest BCUT2D eigenvalue weighted by molar-refractivity contribution is 9.10. The number of benzene rings is 2. The van der Waals surface area contributed by atoms with Crippen molar-refractivity contribution in [3.05, 3.63) is 62.5 Å². The number of sulfonamides is 1. The second kappa shape index (κ2) is 11.3. The molecule has 2 aromatic rings. The first kappa shape index (κ1) is 28.4. The molecular formula is C23H28BrCl2N3O4S. The van der Waals surface area contributed by atoms with E-state index in [1.54, 1.807) is 49.4 Å². The standard InChI is InChI=1S/C23H28BrCl2N3O4S/c1-15(22(31)27-23(2,3)4)28(13-16-6-11-19(25)20(26)12-16)21(30)14-29(34(5,32)33)18-9-7-17(24)8-10-18/h6-12,15H,13-14H2,1-5H3,(H,27,31)/t15-/m0/s1. The summed E-state index contributed by atoms with van der Waals surface area (Å²) in [5.74, 6) is -0.911. The molecule has 11 heteroatoms. The molecule has 2 amide bonds. The normalized spacial score (nSPS) is 12.7. The van der Waals surface area contributed by atoms with Crippen LogP contribution in [-0.2, 0) is 26.2 Å². The molecule has 0 saturated heterocycles. The summed E-state index contributed by atoms with van der Waals surface area (Å²) >= 11 is 15.5. The maximum atomic E-state index is 13.5. The Balaban J connectivity index is 2.42. The Kier molecular flexibility index (Phi) is 9.44. The van der Waals surface area contributed by atoms with Crippen molar-refractivity contribution >= 4 is 66.7 Å². The number of rotatable bonds is 8. The van der Waals surface area contributed by atoms with Gasteiger partial charge in [0.25, 0.3) is 0 Å². The minimum absolute atomic E-state index is 0.0341. The lowest BCUT2D eigenvalue weighted by atomic mass is 10.1. The number of hydrogen-bond donors (Lipinski definition) is 1. The molecule has 0 unspecified atom stereocenters. The first-order valence-corrected chi connectivity index (χ1v) is 13.8. The molecule has 0 radical (unpaired) electrons. The highest BCUT2D eigenvalue weighted by Gasteiger charge is 2.31. The van der Waals surface area contributed by atoms with Crippen molar-refractivity contribution in [1.29, 1.82) is 0 Å². The Bertz CT molecular complexity index is 1150. The van der Waals surface area contributed by atoms with E-state index in [4.69, 9.17) is 23.2 Å². The van der Waals surface area contributed by atoms with Gasteiger partial charge in [0.1, 0.15) is 12.6 Å². The topological polar surface area (TPSA) is 86.8 Å². The van der Waals surface area contributed by atoms with Gasteiger partial charge in [0.15, 0.2) is 0 Å². The predicted octanol–water partition coefficient (Wildman–Crippen LogP) is 4.85. The van der Waals surface area contributed by atoms with Crippen LogP contribution in [0.15, 0.2) is 46.9 Å². The van der Waals surface area contributed by atoms with Crippen LogP contribution >= 0.6 is 39.1 Å². The minimum Gasteiger partial charge on any atom is -0.350 e. The summed E-state index contributed by atoms with van der Waals surface area (Å²) in [6.45, 7) is 6.66. The van der Waals surface area contributed by atoms with Crippen LogP contribution in [0, 0.1) is 0 Å². The molecule has 0 aromatic heterocycles. The van der Waals surface area contributed by atoms with Gasteiger partial charge in [0.05, 0.1) is 22.0 Å². The summed E-state index contributed by atoms with van der Waals surface area (Å²) in [6.07, 6.45) is 1.03. The van der Waals surface area contributed by atoms with Crippen LogP contribution in [0.25, 0.3) is 0 Å². The Labute approximate surface area is 219 Å². The van der Waals surface area contributed by atoms with Gasteiger partial charge in [-0.3, -0.25) is 13.9 Å². The number of carbonyl (C=O) groups excluding carboxylic acids is 2. The second-order valence-corrected chi connectivity index (χ2v) is 12.6. The highest BCUT2D eigenvalue weighted by Crippen LogP contribution is 2.25. The number of halogens is 3. The van der Waals surface area contributed by atoms with Crippen molar-refractivity contribution in [2.75, 3.05) is 17.1 Å². The van der Waals surface area contributed by atoms with Crippen LogP contribution < -0.4 is 9.62 Å². The average molecular weight is 593 g/mol. The molecule has 0 aliphatic carbocycles. The third-order valence-corrected chi connectivity index (χ3v) is 7.20. The summed E-state index contributed by atoms with van der Waals surface area (Å²) in [4.78, 5) is 27.7. The van der Waals surface area contributed by atoms with E-state index in [0.717, 1.165) is 15.0 Å². The zero-order valence-corrected chi connectivity index (χ0v) is 23.5. The first-order chi connectivity index (χ1) is 15.6. The van der Waals surface area contributed by atoms with Crippen molar-refractivity contribution in [2.24, 2.45) is 0 Å². The van der Waals surface area contributed by atoms with Gasteiger partial charge in [-0.1, -0.05) is 45.2 Å². The lowest BCUT2D eigenvalue weighted by molar-refractivity contribution is -0.140. The van der Waals surface area contributed by atoms with E-state index in [1.807, 2.05) is 20.8 Å². The van der Waals surface area contributed by atoms with Crippen LogP contribution in [0.1, 0.15) is 33.3 Å². The van der Waals surface area contributed by atoms with E-state index >= 15 is 0 Å². The van der Waals surface area contributed by atoms with E-state index in [-0.39, 0.29) is 12.5 Å². The third kappa shape index (κ3) is 8.15. The van der Waals surface area contributed by atoms with Gasteiger partial charge in [-0.15, -0.1) is 0 Å². The molecule has 0 fully saturated rings. The fourth-order valence-electron chi connectivity index (χ4n) is 3.11. The molecular weight excluding hydrogens is 565 g/mol. The minimum atomic E-state index is -3.79. The molecule has 0 heterocycles. The van der Waals surface area contributed by atoms with E-state index in [9.17, 15) is 18.0 Å². The molecule has 7 nitrogen and oxygen atoms in total. The Hall–Kier alpha value is -1.81. The monoisotopic (exact) mass is 591 g/mol. The second-order valence-electron chi connectivity index (χ2n) is 8.93. The summed E-state index contributed by atoms with van der Waals surface area (Å²) in [5.41, 5.74) is 0.466. The summed E-state index contributed by atoms with van der Waals surface area (Å²) in [5, 5.41) is 3.54. The van der Waals surface area contributed by atoms with Crippen molar-refractivity contribution in [3.63, 3.8) is 0 Å². The largest absolute Gasteiger partial charge is 0.350 e. The maximum Gasteiger partial charge on any atom is 0.244 e. The fourth-order valence-corrected chi connectivity index (χ4v) is 4.55. The van der Waals surface area contributed by atoms with Gasteiger partial charge in [-0.25, -0.2) is 8.42 Å². The van der Waals surface area contributed by atoms with Gasteiger partial charge in [-0.05, 0) is 69.7 Å². The van der Waals surface area contributed by atoms with E-state index in [1.165, 1.54) is 4.90 Å². The molecule has 1 atom stereocenters. The lowest BCUT2D eigenvalue weighted by Gasteiger charge is -2.33. The Morgan fingerprint density at radius 1 is 1.06 bits per heavy atom. The number of nitrogens with one attached hydrogen (secondary N) is 1. The molecule has 0 spiro atoms. The number of amides is 2. The van der Waals surface area contributed by atoms with Gasteiger partial charge in [-0.2, -0.15) is 0 Å². The molecule has 0 aliphatic heterocycles. The Morgan fingerprint density at radius 3 is 2.15 bits per heavy atom. The fraction of sp³-hybridized carbons (Fsp3) is 0.391. The SMILES string of the molecule is C[C@@H](C(=O)NC(C)(C)C)N(Cc1ccc(Cl)c(Cl)c1)C(=O)CN(c1ccc(Br)cc1)S(C)(=O)=O. The highest BCUT2D eigenvalue weighted by atomic mass is 79.9. The van der Waals surface area contributed by atoms with E-state index in [0.29, 0.717) is 21.3 Å². The summed E-state index contributed by atoms with van der Waals surface area (Å²) in [6, 6.07) is 10.6. The molecule has 2 rings (SSSR count). The number of carbonyl (C=O) groups is 2. The van der Waals surface area contributed by atoms with Crippen molar-refractivity contribution < 1.29 is 18.0 Å². The molecule has 186 valence electrons. The van der Waals surface area contributed by atoms with Gasteiger partial charge in [0, 0.05) is 16.6 Å². The molecule has 34 heavy (non-hydrogen) atoms. The molecule has 1 N–H and O–H groups in total. The molecule has 0 bridgehead atoms. The summed E-state index contributed by atoms with van der Waals surface area (Å²) in [7, 11) is -3.79. The van der Waals surface area contributed by atoms with Crippen LogP contribution in [0.4, 0.5) is 5.69 Å². The zero-order valence-electron chi connectivity index (χ0n) is 19.6. The van der Waals surface area contributed by atoms with E-state index in [2.05, 4.69) is 21.2 Å². The number of nitrogens with zero attached hydrogens (tertiary/aromatic N) is 2. The lowest BCUT2D eigenvalue weighted by Crippen LogP contribution is -2.54. The average Bonchev–Trinajstić information content (AvgIpc) is 2.71. The zero-order chi connectivity index (χ0) is 25.8. The van der Waals surface area contributed by atoms with Crippen LogP contribution in [0.2, 0.25) is 10.0 Å². The van der Waals surface area contributed by atoms with Crippen molar-refractivity contribution in [1.82, 2.24) is 10.2 Å². The van der Waals surface area contributed by atoms with Crippen molar-refractivity contribution in [3.8, 4) is 0 Å². The van der Waals surface area contributed by atoms with Gasteiger partial charge in [0.2, 0.25) is 21.8 Å². The van der Waals surface area contributed by atoms with Gasteiger partial charge < -0.3 is 10.2 Å². The van der Waals surface area contributed by atoms with Crippen LogP contribution in [0.5, 0.6) is 0 Å². The summed E-state index contributed by atoms with van der Waals surface area (Å²) < 4.78 is 26.9. The number of hydrogen-bond acceptors (Lipinski definition) is 4. The molecule has 2 aromatic carbocycles. The Morgan fingerprint density at radius 2 is 1.65 bits per heavy atom. The van der Waals surface area contributed by atoms with Crippen LogP contribution in [0.3, 0.4) is 0 Å². The maximum absolute atomic E-state index is 13.5. The smallest absolute Gasteiger partial charge is 0.244 e. The predicted molar refractivity (Wildman–Crippen MR) is 141 cm³/mol. The van der Waals surface area contributed by atoms with Crippen molar-refractivity contribution in [2.45, 2.75) is 45.8 Å². The molecule has 0 saturated carbocycles.